The van der Waals surface area contributed by atoms with Crippen molar-refractivity contribution in [2.45, 2.75) is 18.2 Å². The lowest BCUT2D eigenvalue weighted by molar-refractivity contribution is -0.237. The molecule has 17 heavy (non-hydrogen) atoms. The number of hydrogen-bond acceptors (Lipinski definition) is 1. The van der Waals surface area contributed by atoms with Crippen molar-refractivity contribution in [3.05, 3.63) is 54.6 Å². The molecule has 0 aromatic heterocycles. The van der Waals surface area contributed by atoms with Crippen molar-refractivity contribution >= 4 is 6.08 Å². The maximum absolute atomic E-state index is 12.6. The lowest BCUT2D eigenvalue weighted by Crippen LogP contribution is -2.42. The molecule has 0 aliphatic carbocycles. The smallest absolute Gasteiger partial charge is 0.376 e. The fourth-order valence-corrected chi connectivity index (χ4v) is 1.30. The van der Waals surface area contributed by atoms with Gasteiger partial charge < -0.3 is 5.11 Å². The molecule has 1 aromatic rings. The maximum Gasteiger partial charge on any atom is 0.421 e. The summed E-state index contributed by atoms with van der Waals surface area (Å²) in [5.41, 5.74) is -2.26. The van der Waals surface area contributed by atoms with E-state index in [-0.39, 0.29) is 0 Å². The van der Waals surface area contributed by atoms with E-state index in [1.165, 1.54) is 6.08 Å². The molecule has 92 valence electrons. The molecule has 0 saturated carbocycles. The zero-order valence-corrected chi connectivity index (χ0v) is 9.11. The molecule has 0 unspecified atom stereocenters. The number of benzene rings is 1. The minimum absolute atomic E-state index is 0.570. The summed E-state index contributed by atoms with van der Waals surface area (Å²) in [6, 6.07) is 8.49. The number of aliphatic hydroxyl groups is 1. The molecule has 1 nitrogen and oxygen atoms in total. The molecule has 1 rings (SSSR count). The molecular formula is C13H13F3O. The molecule has 0 aliphatic rings. The van der Waals surface area contributed by atoms with E-state index in [2.05, 4.69) is 6.58 Å². The summed E-state index contributed by atoms with van der Waals surface area (Å²) >= 11 is 0. The molecule has 0 radical (unpaired) electrons. The van der Waals surface area contributed by atoms with Crippen LogP contribution in [-0.4, -0.2) is 16.9 Å². The van der Waals surface area contributed by atoms with Crippen molar-refractivity contribution < 1.29 is 18.3 Å². The Balaban J connectivity index is 2.95. The molecule has 1 N–H and O–H groups in total. The molecule has 4 heteroatoms. The van der Waals surface area contributed by atoms with Crippen molar-refractivity contribution in [3.8, 4) is 0 Å². The third-order valence-corrected chi connectivity index (χ3v) is 2.30. The predicted molar refractivity (Wildman–Crippen MR) is 61.3 cm³/mol. The Kier molecular flexibility index (Phi) is 4.12. The summed E-state index contributed by atoms with van der Waals surface area (Å²) in [5, 5.41) is 9.53. The van der Waals surface area contributed by atoms with Crippen LogP contribution in [0.2, 0.25) is 0 Å². The second kappa shape index (κ2) is 5.19. The Morgan fingerprint density at radius 2 is 1.76 bits per heavy atom. The molecule has 0 fully saturated rings. The van der Waals surface area contributed by atoms with Gasteiger partial charge in [0.2, 0.25) is 0 Å². The van der Waals surface area contributed by atoms with Crippen LogP contribution in [0.3, 0.4) is 0 Å². The van der Waals surface area contributed by atoms with Gasteiger partial charge in [0, 0.05) is 6.42 Å². The molecule has 0 amide bonds. The fourth-order valence-electron chi connectivity index (χ4n) is 1.30. The first-order valence-electron chi connectivity index (χ1n) is 5.03. The Morgan fingerprint density at radius 1 is 1.18 bits per heavy atom. The van der Waals surface area contributed by atoms with E-state index < -0.39 is 18.2 Å². The highest BCUT2D eigenvalue weighted by Crippen LogP contribution is 2.35. The topological polar surface area (TPSA) is 20.2 Å². The van der Waals surface area contributed by atoms with E-state index in [0.717, 1.165) is 12.2 Å². The third kappa shape index (κ3) is 3.46. The van der Waals surface area contributed by atoms with Crippen LogP contribution in [0.25, 0.3) is 6.08 Å². The number of rotatable bonds is 4. The van der Waals surface area contributed by atoms with Gasteiger partial charge in [0.1, 0.15) is 0 Å². The van der Waals surface area contributed by atoms with Crippen molar-refractivity contribution in [1.82, 2.24) is 0 Å². The summed E-state index contributed by atoms with van der Waals surface area (Å²) in [5.74, 6) is 0. The van der Waals surface area contributed by atoms with Crippen molar-refractivity contribution in [2.24, 2.45) is 0 Å². The highest BCUT2D eigenvalue weighted by Gasteiger charge is 2.50. The normalized spacial score (nSPS) is 15.8. The van der Waals surface area contributed by atoms with Crippen molar-refractivity contribution in [1.29, 1.82) is 0 Å². The third-order valence-electron chi connectivity index (χ3n) is 2.30. The van der Waals surface area contributed by atoms with Crippen LogP contribution >= 0.6 is 0 Å². The highest BCUT2D eigenvalue weighted by molar-refractivity contribution is 5.50. The van der Waals surface area contributed by atoms with Gasteiger partial charge in [-0.2, -0.15) is 13.2 Å². The summed E-state index contributed by atoms with van der Waals surface area (Å²) in [4.78, 5) is 0. The molecule has 0 heterocycles. The molecule has 0 bridgehead atoms. The monoisotopic (exact) mass is 242 g/mol. The van der Waals surface area contributed by atoms with Crippen LogP contribution in [0.15, 0.2) is 49.1 Å². The van der Waals surface area contributed by atoms with Gasteiger partial charge >= 0.3 is 6.18 Å². The van der Waals surface area contributed by atoms with E-state index in [4.69, 9.17) is 0 Å². The molecule has 0 spiro atoms. The van der Waals surface area contributed by atoms with E-state index in [1.807, 2.05) is 0 Å². The van der Waals surface area contributed by atoms with E-state index >= 15 is 0 Å². The lowest BCUT2D eigenvalue weighted by atomic mass is 9.97. The number of halogens is 3. The maximum atomic E-state index is 12.6. The first-order chi connectivity index (χ1) is 7.89. The van der Waals surface area contributed by atoms with Gasteiger partial charge in [0.05, 0.1) is 0 Å². The zero-order chi connectivity index (χ0) is 12.9. The Morgan fingerprint density at radius 3 is 2.24 bits per heavy atom. The quantitative estimate of drug-likeness (QED) is 0.800. The second-order valence-corrected chi connectivity index (χ2v) is 3.66. The van der Waals surface area contributed by atoms with Crippen molar-refractivity contribution in [2.75, 3.05) is 0 Å². The van der Waals surface area contributed by atoms with Gasteiger partial charge in [-0.05, 0) is 11.6 Å². The molecular weight excluding hydrogens is 229 g/mol. The minimum Gasteiger partial charge on any atom is -0.376 e. The van der Waals surface area contributed by atoms with Gasteiger partial charge in [0.25, 0.3) is 0 Å². The SMILES string of the molecule is C=CC[C@@](O)(/C=C/c1ccccc1)C(F)(F)F. The highest BCUT2D eigenvalue weighted by atomic mass is 19.4. The molecule has 1 aromatic carbocycles. The molecule has 0 aliphatic heterocycles. The van der Waals surface area contributed by atoms with Crippen molar-refractivity contribution in [3.63, 3.8) is 0 Å². The Hall–Kier alpha value is -1.55. The largest absolute Gasteiger partial charge is 0.421 e. The van der Waals surface area contributed by atoms with Crippen LogP contribution < -0.4 is 0 Å². The Bertz CT molecular complexity index is 395. The summed E-state index contributed by atoms with van der Waals surface area (Å²) < 4.78 is 37.9. The minimum atomic E-state index is -4.72. The van der Waals surface area contributed by atoms with Crippen LogP contribution in [-0.2, 0) is 0 Å². The van der Waals surface area contributed by atoms with Gasteiger partial charge in [0.15, 0.2) is 5.60 Å². The fraction of sp³-hybridized carbons (Fsp3) is 0.231. The predicted octanol–water partition coefficient (Wildman–Crippen LogP) is 3.57. The summed E-state index contributed by atoms with van der Waals surface area (Å²) in [6.07, 6.45) is -2.24. The molecule has 0 saturated heterocycles. The Labute approximate surface area is 97.9 Å². The summed E-state index contributed by atoms with van der Waals surface area (Å²) in [6.45, 7) is 3.22. The van der Waals surface area contributed by atoms with Gasteiger partial charge in [-0.25, -0.2) is 0 Å². The van der Waals surface area contributed by atoms with Crippen LogP contribution in [0, 0.1) is 0 Å². The van der Waals surface area contributed by atoms with Crippen LogP contribution in [0.5, 0.6) is 0 Å². The molecule has 1 atom stereocenters. The van der Waals surface area contributed by atoms with Gasteiger partial charge in [-0.1, -0.05) is 42.5 Å². The van der Waals surface area contributed by atoms with Crippen LogP contribution in [0.1, 0.15) is 12.0 Å². The van der Waals surface area contributed by atoms with Crippen LogP contribution in [0.4, 0.5) is 13.2 Å². The zero-order valence-electron chi connectivity index (χ0n) is 9.11. The summed E-state index contributed by atoms with van der Waals surface area (Å²) in [7, 11) is 0. The first kappa shape index (κ1) is 13.5. The van der Waals surface area contributed by atoms with E-state index in [1.54, 1.807) is 30.3 Å². The lowest BCUT2D eigenvalue weighted by Gasteiger charge is -2.26. The first-order valence-corrected chi connectivity index (χ1v) is 5.03. The number of alkyl halides is 3. The second-order valence-electron chi connectivity index (χ2n) is 3.66. The average molecular weight is 242 g/mol. The number of hydrogen-bond donors (Lipinski definition) is 1. The average Bonchev–Trinajstić information content (AvgIpc) is 2.27. The van der Waals surface area contributed by atoms with Gasteiger partial charge in [-0.15, -0.1) is 6.58 Å². The van der Waals surface area contributed by atoms with E-state index in [0.29, 0.717) is 5.56 Å². The van der Waals surface area contributed by atoms with Gasteiger partial charge in [-0.3, -0.25) is 0 Å². The standard InChI is InChI=1S/C13H13F3O/c1-2-9-12(17,13(14,15)16)10-8-11-6-4-3-5-7-11/h2-8,10,17H,1,9H2/b10-8+/t12-/m1/s1. The van der Waals surface area contributed by atoms with E-state index in [9.17, 15) is 18.3 Å².